The first-order chi connectivity index (χ1) is 9.08. The van der Waals surface area contributed by atoms with Crippen molar-refractivity contribution in [1.82, 2.24) is 9.88 Å². The fraction of sp³-hybridized carbons (Fsp3) is 0.267. The van der Waals surface area contributed by atoms with E-state index >= 15 is 0 Å². The second-order valence-electron chi connectivity index (χ2n) is 4.57. The van der Waals surface area contributed by atoms with E-state index in [2.05, 4.69) is 5.32 Å². The summed E-state index contributed by atoms with van der Waals surface area (Å²) in [6, 6.07) is 10.3. The monoisotopic (exact) mass is 260 g/mol. The Balaban J connectivity index is 1.92. The van der Waals surface area contributed by atoms with Crippen LogP contribution in [0.4, 0.5) is 4.39 Å². The lowest BCUT2D eigenvalue weighted by Crippen LogP contribution is -2.25. The molecule has 0 unspecified atom stereocenters. The van der Waals surface area contributed by atoms with Crippen molar-refractivity contribution in [2.45, 2.75) is 19.9 Å². The number of halogens is 1. The van der Waals surface area contributed by atoms with E-state index in [1.807, 2.05) is 30.7 Å². The van der Waals surface area contributed by atoms with Crippen LogP contribution in [0, 0.1) is 12.7 Å². The highest BCUT2D eigenvalue weighted by atomic mass is 19.1. The summed E-state index contributed by atoms with van der Waals surface area (Å²) in [7, 11) is 1.95. The Bertz CT molecular complexity index is 590. The van der Waals surface area contributed by atoms with Crippen molar-refractivity contribution in [3.8, 4) is 0 Å². The molecule has 1 N–H and O–H groups in total. The summed E-state index contributed by atoms with van der Waals surface area (Å²) in [5.41, 5.74) is 2.58. The fourth-order valence-corrected chi connectivity index (χ4v) is 1.91. The van der Waals surface area contributed by atoms with E-state index < -0.39 is 0 Å². The number of carbonyl (C=O) groups excluding carboxylic acids is 1. The summed E-state index contributed by atoms with van der Waals surface area (Å²) in [5.74, 6) is -0.517. The molecule has 4 heteroatoms. The SMILES string of the molecule is Cc1ccc(CNC(=O)Cc2ccccc2F)n1C. The number of amides is 1. The van der Waals surface area contributed by atoms with Crippen LogP contribution < -0.4 is 5.32 Å². The number of hydrogen-bond donors (Lipinski definition) is 1. The second-order valence-corrected chi connectivity index (χ2v) is 4.57. The first-order valence-electron chi connectivity index (χ1n) is 6.19. The van der Waals surface area contributed by atoms with E-state index in [1.54, 1.807) is 18.2 Å². The van der Waals surface area contributed by atoms with E-state index in [4.69, 9.17) is 0 Å². The first-order valence-corrected chi connectivity index (χ1v) is 6.19. The number of nitrogens with zero attached hydrogens (tertiary/aromatic N) is 1. The number of hydrogen-bond acceptors (Lipinski definition) is 1. The maximum Gasteiger partial charge on any atom is 0.224 e. The van der Waals surface area contributed by atoms with Crippen molar-refractivity contribution in [3.05, 3.63) is 59.2 Å². The third-order valence-electron chi connectivity index (χ3n) is 3.25. The van der Waals surface area contributed by atoms with Crippen molar-refractivity contribution < 1.29 is 9.18 Å². The third-order valence-corrected chi connectivity index (χ3v) is 3.25. The topological polar surface area (TPSA) is 34.0 Å². The zero-order valence-corrected chi connectivity index (χ0v) is 11.1. The summed E-state index contributed by atoms with van der Waals surface area (Å²) in [6.07, 6.45) is 0.0656. The molecule has 0 saturated heterocycles. The number of aryl methyl sites for hydroxylation is 1. The standard InChI is InChI=1S/C15H17FN2O/c1-11-7-8-13(18(11)2)10-17-15(19)9-12-5-3-4-6-14(12)16/h3-8H,9-10H2,1-2H3,(H,17,19). The fourth-order valence-electron chi connectivity index (χ4n) is 1.91. The van der Waals surface area contributed by atoms with Gasteiger partial charge in [-0.25, -0.2) is 4.39 Å². The Hall–Kier alpha value is -2.10. The molecule has 0 spiro atoms. The molecule has 1 heterocycles. The van der Waals surface area contributed by atoms with Gasteiger partial charge in [0.25, 0.3) is 0 Å². The molecule has 0 aliphatic rings. The van der Waals surface area contributed by atoms with Crippen molar-refractivity contribution in [1.29, 1.82) is 0 Å². The number of carbonyl (C=O) groups is 1. The Morgan fingerprint density at radius 3 is 2.63 bits per heavy atom. The molecule has 2 rings (SSSR count). The van der Waals surface area contributed by atoms with Gasteiger partial charge >= 0.3 is 0 Å². The molecule has 1 aromatic heterocycles. The van der Waals surface area contributed by atoms with E-state index in [-0.39, 0.29) is 18.1 Å². The maximum atomic E-state index is 13.4. The highest BCUT2D eigenvalue weighted by Crippen LogP contribution is 2.08. The lowest BCUT2D eigenvalue weighted by atomic mass is 10.1. The minimum atomic E-state index is -0.340. The van der Waals surface area contributed by atoms with Gasteiger partial charge in [0.1, 0.15) is 5.82 Å². The lowest BCUT2D eigenvalue weighted by Gasteiger charge is -2.08. The highest BCUT2D eigenvalue weighted by molar-refractivity contribution is 5.78. The van der Waals surface area contributed by atoms with Crippen molar-refractivity contribution in [2.24, 2.45) is 7.05 Å². The second kappa shape index (κ2) is 5.69. The van der Waals surface area contributed by atoms with Crippen molar-refractivity contribution in [3.63, 3.8) is 0 Å². The van der Waals surface area contributed by atoms with Crippen LogP contribution >= 0.6 is 0 Å². The number of benzene rings is 1. The molecule has 100 valence electrons. The van der Waals surface area contributed by atoms with Gasteiger partial charge in [-0.3, -0.25) is 4.79 Å². The molecular weight excluding hydrogens is 243 g/mol. The van der Waals surface area contributed by atoms with E-state index in [9.17, 15) is 9.18 Å². The molecule has 0 bridgehead atoms. The van der Waals surface area contributed by atoms with Crippen molar-refractivity contribution >= 4 is 5.91 Å². The van der Waals surface area contributed by atoms with Gasteiger partial charge in [0.05, 0.1) is 13.0 Å². The normalized spacial score (nSPS) is 10.5. The minimum Gasteiger partial charge on any atom is -0.350 e. The van der Waals surface area contributed by atoms with Gasteiger partial charge in [-0.1, -0.05) is 18.2 Å². The van der Waals surface area contributed by atoms with Gasteiger partial charge < -0.3 is 9.88 Å². The van der Waals surface area contributed by atoms with Crippen LogP contribution in [0.15, 0.2) is 36.4 Å². The maximum absolute atomic E-state index is 13.4. The van der Waals surface area contributed by atoms with Crippen LogP contribution in [0.5, 0.6) is 0 Å². The predicted octanol–water partition coefficient (Wildman–Crippen LogP) is 2.33. The summed E-state index contributed by atoms with van der Waals surface area (Å²) in [4.78, 5) is 11.8. The van der Waals surface area contributed by atoms with Gasteiger partial charge in [-0.05, 0) is 30.7 Å². The Morgan fingerprint density at radius 2 is 2.00 bits per heavy atom. The average Bonchev–Trinajstić information content (AvgIpc) is 2.70. The van der Waals surface area contributed by atoms with E-state index in [0.29, 0.717) is 12.1 Å². The van der Waals surface area contributed by atoms with Gasteiger partial charge in [0.2, 0.25) is 5.91 Å². The zero-order chi connectivity index (χ0) is 13.8. The summed E-state index contributed by atoms with van der Waals surface area (Å²) < 4.78 is 15.4. The third kappa shape index (κ3) is 3.22. The summed E-state index contributed by atoms with van der Waals surface area (Å²) in [6.45, 7) is 2.46. The minimum absolute atomic E-state index is 0.0656. The van der Waals surface area contributed by atoms with E-state index in [1.165, 1.54) is 6.07 Å². The lowest BCUT2D eigenvalue weighted by molar-refractivity contribution is -0.120. The van der Waals surface area contributed by atoms with Gasteiger partial charge in [-0.15, -0.1) is 0 Å². The number of nitrogens with one attached hydrogen (secondary N) is 1. The van der Waals surface area contributed by atoms with Gasteiger partial charge in [0, 0.05) is 18.4 Å². The average molecular weight is 260 g/mol. The molecule has 19 heavy (non-hydrogen) atoms. The van der Waals surface area contributed by atoms with E-state index in [0.717, 1.165) is 11.4 Å². The smallest absolute Gasteiger partial charge is 0.224 e. The molecule has 3 nitrogen and oxygen atoms in total. The Morgan fingerprint density at radius 1 is 1.26 bits per heavy atom. The Kier molecular flexibility index (Phi) is 4.00. The molecule has 0 aliphatic carbocycles. The molecule has 2 aromatic rings. The van der Waals surface area contributed by atoms with Crippen LogP contribution in [-0.2, 0) is 24.8 Å². The van der Waals surface area contributed by atoms with Crippen LogP contribution in [-0.4, -0.2) is 10.5 Å². The molecule has 1 amide bonds. The largest absolute Gasteiger partial charge is 0.350 e. The first kappa shape index (κ1) is 13.3. The molecule has 0 saturated carbocycles. The summed E-state index contributed by atoms with van der Waals surface area (Å²) >= 11 is 0. The van der Waals surface area contributed by atoms with Crippen LogP contribution in [0.3, 0.4) is 0 Å². The van der Waals surface area contributed by atoms with Gasteiger partial charge in [0.15, 0.2) is 0 Å². The molecule has 0 aliphatic heterocycles. The van der Waals surface area contributed by atoms with Crippen LogP contribution in [0.25, 0.3) is 0 Å². The molecular formula is C15H17FN2O. The number of rotatable bonds is 4. The molecule has 1 aromatic carbocycles. The highest BCUT2D eigenvalue weighted by Gasteiger charge is 2.08. The van der Waals surface area contributed by atoms with Crippen molar-refractivity contribution in [2.75, 3.05) is 0 Å². The van der Waals surface area contributed by atoms with Crippen LogP contribution in [0.2, 0.25) is 0 Å². The summed E-state index contributed by atoms with van der Waals surface area (Å²) in [5, 5.41) is 2.80. The Labute approximate surface area is 112 Å². The molecule has 0 radical (unpaired) electrons. The zero-order valence-electron chi connectivity index (χ0n) is 11.1. The molecule has 0 fully saturated rings. The molecule has 0 atom stereocenters. The predicted molar refractivity (Wildman–Crippen MR) is 72.1 cm³/mol. The van der Waals surface area contributed by atoms with Crippen LogP contribution in [0.1, 0.15) is 17.0 Å². The number of aromatic nitrogens is 1. The quantitative estimate of drug-likeness (QED) is 0.899. The van der Waals surface area contributed by atoms with Gasteiger partial charge in [-0.2, -0.15) is 0 Å².